The van der Waals surface area contributed by atoms with Crippen LogP contribution in [-0.2, 0) is 4.74 Å². The fraction of sp³-hybridized carbons (Fsp3) is 1.00. The zero-order chi connectivity index (χ0) is 5.82. The topological polar surface area (TPSA) is 9.23 Å². The zero-order valence-corrected chi connectivity index (χ0v) is 5.52. The second kappa shape index (κ2) is 3.08. The quantitative estimate of drug-likeness (QED) is 0.468. The van der Waals surface area contributed by atoms with Crippen molar-refractivity contribution in [2.24, 2.45) is 0 Å². The molecule has 1 aliphatic heterocycles. The van der Waals surface area contributed by atoms with E-state index in [0.717, 1.165) is 6.61 Å². The maximum absolute atomic E-state index is 5.40. The molecule has 0 aromatic rings. The van der Waals surface area contributed by atoms with Gasteiger partial charge in [-0.3, -0.25) is 0 Å². The summed E-state index contributed by atoms with van der Waals surface area (Å²) >= 11 is 0. The smallest absolute Gasteiger partial charge is 0.0547 e. The molecule has 0 bridgehead atoms. The molecular weight excluding hydrogens is 100 g/mol. The monoisotopic (exact) mass is 114 g/mol. The lowest BCUT2D eigenvalue weighted by Crippen LogP contribution is -2.04. The van der Waals surface area contributed by atoms with Crippen LogP contribution in [0, 0.1) is 0 Å². The predicted octanol–water partition coefficient (Wildman–Crippen LogP) is 1.97. The Balaban J connectivity index is 2.17. The van der Waals surface area contributed by atoms with Crippen molar-refractivity contribution in [3.63, 3.8) is 0 Å². The average molecular weight is 114 g/mol. The molecule has 1 nitrogen and oxygen atoms in total. The van der Waals surface area contributed by atoms with Crippen molar-refractivity contribution in [2.75, 3.05) is 6.61 Å². The minimum Gasteiger partial charge on any atom is -0.379 e. The number of hydrogen-bond acceptors (Lipinski definition) is 1. The van der Waals surface area contributed by atoms with E-state index in [2.05, 4.69) is 6.92 Å². The Morgan fingerprint density at radius 1 is 1.25 bits per heavy atom. The Labute approximate surface area is 51.0 Å². The van der Waals surface area contributed by atoms with Gasteiger partial charge in [0.2, 0.25) is 0 Å². The van der Waals surface area contributed by atoms with E-state index in [9.17, 15) is 0 Å². The summed E-state index contributed by atoms with van der Waals surface area (Å²) in [7, 11) is 0. The standard InChI is InChI=1S/C7H14O/c1-7-5-3-2-4-6-8-7/h7H,2-6H2,1H3. The van der Waals surface area contributed by atoms with Gasteiger partial charge in [0.05, 0.1) is 6.10 Å². The first-order chi connectivity index (χ1) is 3.89. The van der Waals surface area contributed by atoms with Crippen molar-refractivity contribution in [3.8, 4) is 0 Å². The third-order valence-electron chi connectivity index (χ3n) is 1.66. The number of hydrogen-bond donors (Lipinski definition) is 0. The van der Waals surface area contributed by atoms with Crippen LogP contribution < -0.4 is 0 Å². The fourth-order valence-electron chi connectivity index (χ4n) is 1.08. The van der Waals surface area contributed by atoms with Gasteiger partial charge in [-0.15, -0.1) is 0 Å². The van der Waals surface area contributed by atoms with Crippen LogP contribution in [0.2, 0.25) is 0 Å². The SMILES string of the molecule is CC1CCCCCO1. The minimum absolute atomic E-state index is 0.525. The van der Waals surface area contributed by atoms with E-state index in [0.29, 0.717) is 6.10 Å². The van der Waals surface area contributed by atoms with E-state index >= 15 is 0 Å². The molecule has 1 unspecified atom stereocenters. The first-order valence-electron chi connectivity index (χ1n) is 3.51. The van der Waals surface area contributed by atoms with Gasteiger partial charge in [0.25, 0.3) is 0 Å². The summed E-state index contributed by atoms with van der Waals surface area (Å²) in [5.74, 6) is 0. The zero-order valence-electron chi connectivity index (χ0n) is 5.52. The summed E-state index contributed by atoms with van der Waals surface area (Å²) in [6.45, 7) is 3.15. The van der Waals surface area contributed by atoms with Gasteiger partial charge in [-0.2, -0.15) is 0 Å². The molecule has 1 atom stereocenters. The molecule has 8 heavy (non-hydrogen) atoms. The largest absolute Gasteiger partial charge is 0.379 e. The van der Waals surface area contributed by atoms with Gasteiger partial charge >= 0.3 is 0 Å². The van der Waals surface area contributed by atoms with Crippen LogP contribution in [-0.4, -0.2) is 12.7 Å². The van der Waals surface area contributed by atoms with Gasteiger partial charge in [-0.05, 0) is 19.8 Å². The highest BCUT2D eigenvalue weighted by Gasteiger charge is 2.04. The third kappa shape index (κ3) is 1.83. The molecule has 1 saturated heterocycles. The lowest BCUT2D eigenvalue weighted by atomic mass is 10.2. The molecule has 0 aromatic carbocycles. The first-order valence-corrected chi connectivity index (χ1v) is 3.51. The van der Waals surface area contributed by atoms with Gasteiger partial charge in [0.15, 0.2) is 0 Å². The second-order valence-corrected chi connectivity index (χ2v) is 2.53. The van der Waals surface area contributed by atoms with Gasteiger partial charge in [0.1, 0.15) is 0 Å². The molecular formula is C7H14O. The predicted molar refractivity (Wildman–Crippen MR) is 33.9 cm³/mol. The van der Waals surface area contributed by atoms with Crippen molar-refractivity contribution < 1.29 is 4.74 Å². The van der Waals surface area contributed by atoms with Crippen molar-refractivity contribution in [2.45, 2.75) is 38.7 Å². The molecule has 0 radical (unpaired) electrons. The van der Waals surface area contributed by atoms with Gasteiger partial charge < -0.3 is 4.74 Å². The van der Waals surface area contributed by atoms with Crippen LogP contribution in [0.15, 0.2) is 0 Å². The molecule has 0 amide bonds. The van der Waals surface area contributed by atoms with E-state index in [1.165, 1.54) is 25.7 Å². The number of rotatable bonds is 0. The molecule has 0 aromatic heterocycles. The Bertz CT molecular complexity index is 53.4. The third-order valence-corrected chi connectivity index (χ3v) is 1.66. The van der Waals surface area contributed by atoms with Gasteiger partial charge in [0, 0.05) is 6.61 Å². The summed E-state index contributed by atoms with van der Waals surface area (Å²) in [5.41, 5.74) is 0. The molecule has 1 aliphatic rings. The number of ether oxygens (including phenoxy) is 1. The summed E-state index contributed by atoms with van der Waals surface area (Å²) in [5, 5.41) is 0. The normalized spacial score (nSPS) is 31.9. The van der Waals surface area contributed by atoms with Crippen LogP contribution in [0.4, 0.5) is 0 Å². The molecule has 1 rings (SSSR count). The van der Waals surface area contributed by atoms with Crippen LogP contribution in [0.25, 0.3) is 0 Å². The Hall–Kier alpha value is -0.0400. The molecule has 1 heterocycles. The maximum atomic E-state index is 5.40. The van der Waals surface area contributed by atoms with Gasteiger partial charge in [-0.25, -0.2) is 0 Å². The van der Waals surface area contributed by atoms with Crippen LogP contribution in [0.3, 0.4) is 0 Å². The van der Waals surface area contributed by atoms with Crippen molar-refractivity contribution >= 4 is 0 Å². The van der Waals surface area contributed by atoms with E-state index in [4.69, 9.17) is 4.74 Å². The van der Waals surface area contributed by atoms with E-state index in [1.807, 2.05) is 0 Å². The first kappa shape index (κ1) is 6.09. The van der Waals surface area contributed by atoms with Crippen LogP contribution in [0.5, 0.6) is 0 Å². The maximum Gasteiger partial charge on any atom is 0.0547 e. The Morgan fingerprint density at radius 2 is 2.12 bits per heavy atom. The molecule has 48 valence electrons. The molecule has 0 N–H and O–H groups in total. The van der Waals surface area contributed by atoms with E-state index in [1.54, 1.807) is 0 Å². The Kier molecular flexibility index (Phi) is 2.34. The minimum atomic E-state index is 0.525. The van der Waals surface area contributed by atoms with Crippen LogP contribution in [0.1, 0.15) is 32.6 Å². The molecule has 0 spiro atoms. The van der Waals surface area contributed by atoms with E-state index in [-0.39, 0.29) is 0 Å². The highest BCUT2D eigenvalue weighted by Crippen LogP contribution is 2.11. The fourth-order valence-corrected chi connectivity index (χ4v) is 1.08. The Morgan fingerprint density at radius 3 is 3.00 bits per heavy atom. The van der Waals surface area contributed by atoms with Crippen molar-refractivity contribution in [1.82, 2.24) is 0 Å². The highest BCUT2D eigenvalue weighted by atomic mass is 16.5. The van der Waals surface area contributed by atoms with Crippen molar-refractivity contribution in [1.29, 1.82) is 0 Å². The second-order valence-electron chi connectivity index (χ2n) is 2.53. The summed E-state index contributed by atoms with van der Waals surface area (Å²) < 4.78 is 5.40. The summed E-state index contributed by atoms with van der Waals surface area (Å²) in [6, 6.07) is 0. The average Bonchev–Trinajstić information content (AvgIpc) is 1.94. The van der Waals surface area contributed by atoms with E-state index < -0.39 is 0 Å². The van der Waals surface area contributed by atoms with Crippen LogP contribution >= 0.6 is 0 Å². The van der Waals surface area contributed by atoms with Crippen molar-refractivity contribution in [3.05, 3.63) is 0 Å². The molecule has 0 saturated carbocycles. The summed E-state index contributed by atoms with van der Waals surface area (Å²) in [4.78, 5) is 0. The van der Waals surface area contributed by atoms with Gasteiger partial charge in [-0.1, -0.05) is 12.8 Å². The molecule has 0 aliphatic carbocycles. The summed E-state index contributed by atoms with van der Waals surface area (Å²) in [6.07, 6.45) is 5.79. The molecule has 1 fully saturated rings. The lowest BCUT2D eigenvalue weighted by molar-refractivity contribution is 0.0722. The molecule has 1 heteroatoms. The lowest BCUT2D eigenvalue weighted by Gasteiger charge is -2.05. The highest BCUT2D eigenvalue weighted by molar-refractivity contribution is 4.55.